The second-order valence-corrected chi connectivity index (χ2v) is 6.72. The Morgan fingerprint density at radius 3 is 2.45 bits per heavy atom. The quantitative estimate of drug-likeness (QED) is 0.849. The van der Waals surface area contributed by atoms with Crippen LogP contribution in [0.25, 0.3) is 0 Å². The fourth-order valence-electron chi connectivity index (χ4n) is 2.79. The number of carbonyl (C=O) groups is 1. The zero-order chi connectivity index (χ0) is 14.6. The number of benzene rings is 1. The summed E-state index contributed by atoms with van der Waals surface area (Å²) in [5, 5.41) is 0. The third-order valence-electron chi connectivity index (χ3n) is 4.11. The molecule has 1 saturated carbocycles. The van der Waals surface area contributed by atoms with Gasteiger partial charge in [-0.15, -0.1) is 11.8 Å². The first-order valence-corrected chi connectivity index (χ1v) is 8.41. The lowest BCUT2D eigenvalue weighted by atomic mass is 9.94. The molecule has 110 valence electrons. The van der Waals surface area contributed by atoms with Crippen molar-refractivity contribution in [2.24, 2.45) is 5.73 Å². The van der Waals surface area contributed by atoms with Crippen molar-refractivity contribution in [3.05, 3.63) is 29.8 Å². The van der Waals surface area contributed by atoms with Crippen molar-refractivity contribution in [2.75, 3.05) is 13.3 Å². The molecule has 1 aromatic rings. The molecule has 3 nitrogen and oxygen atoms in total. The van der Waals surface area contributed by atoms with Crippen LogP contribution in [0, 0.1) is 0 Å². The van der Waals surface area contributed by atoms with Crippen LogP contribution in [-0.4, -0.2) is 29.6 Å². The van der Waals surface area contributed by atoms with Crippen molar-refractivity contribution < 1.29 is 4.79 Å². The molecule has 4 heteroatoms. The number of nitrogens with two attached hydrogens (primary N) is 1. The molecule has 1 aliphatic carbocycles. The van der Waals surface area contributed by atoms with Gasteiger partial charge >= 0.3 is 0 Å². The molecule has 1 fully saturated rings. The number of amides is 1. The highest BCUT2D eigenvalue weighted by Crippen LogP contribution is 2.30. The standard InChI is InChI=1S/C16H24N2OS/c1-18(12-13-5-7-14(20-2)8-6-13)15(19)11-16(17)9-3-4-10-16/h5-8H,3-4,9-12,17H2,1-2H3. The summed E-state index contributed by atoms with van der Waals surface area (Å²) >= 11 is 1.73. The first kappa shape index (κ1) is 15.4. The fraction of sp³-hybridized carbons (Fsp3) is 0.562. The van der Waals surface area contributed by atoms with Crippen molar-refractivity contribution in [3.63, 3.8) is 0 Å². The predicted molar refractivity (Wildman–Crippen MR) is 84.7 cm³/mol. The Hall–Kier alpha value is -1.00. The highest BCUT2D eigenvalue weighted by Gasteiger charge is 2.32. The predicted octanol–water partition coefficient (Wildman–Crippen LogP) is 3.03. The van der Waals surface area contributed by atoms with Crippen molar-refractivity contribution >= 4 is 17.7 Å². The smallest absolute Gasteiger partial charge is 0.224 e. The minimum Gasteiger partial charge on any atom is -0.341 e. The van der Waals surface area contributed by atoms with Crippen LogP contribution >= 0.6 is 11.8 Å². The monoisotopic (exact) mass is 292 g/mol. The number of hydrogen-bond donors (Lipinski definition) is 1. The molecule has 0 atom stereocenters. The Labute approximate surface area is 125 Å². The van der Waals surface area contributed by atoms with Crippen LogP contribution in [0.2, 0.25) is 0 Å². The Bertz CT molecular complexity index is 452. The molecule has 20 heavy (non-hydrogen) atoms. The van der Waals surface area contributed by atoms with Gasteiger partial charge in [0.1, 0.15) is 0 Å². The van der Waals surface area contributed by atoms with E-state index in [4.69, 9.17) is 5.73 Å². The molecule has 0 radical (unpaired) electrons. The largest absolute Gasteiger partial charge is 0.341 e. The van der Waals surface area contributed by atoms with E-state index in [1.54, 1.807) is 16.7 Å². The zero-order valence-electron chi connectivity index (χ0n) is 12.4. The van der Waals surface area contributed by atoms with Gasteiger partial charge < -0.3 is 10.6 Å². The summed E-state index contributed by atoms with van der Waals surface area (Å²) in [4.78, 5) is 15.3. The number of hydrogen-bond acceptors (Lipinski definition) is 3. The molecule has 0 saturated heterocycles. The van der Waals surface area contributed by atoms with E-state index in [1.165, 1.54) is 4.90 Å². The van der Waals surface area contributed by atoms with Gasteiger partial charge in [0.05, 0.1) is 0 Å². The summed E-state index contributed by atoms with van der Waals surface area (Å²) in [6.07, 6.45) is 6.82. The maximum absolute atomic E-state index is 12.3. The molecule has 0 aliphatic heterocycles. The molecule has 0 unspecified atom stereocenters. The second kappa shape index (κ2) is 6.64. The van der Waals surface area contributed by atoms with Crippen LogP contribution in [0.4, 0.5) is 0 Å². The van der Waals surface area contributed by atoms with Gasteiger partial charge in [-0.2, -0.15) is 0 Å². The highest BCUT2D eigenvalue weighted by atomic mass is 32.2. The number of rotatable bonds is 5. The number of nitrogens with zero attached hydrogens (tertiary/aromatic N) is 1. The van der Waals surface area contributed by atoms with Crippen molar-refractivity contribution in [1.82, 2.24) is 4.90 Å². The van der Waals surface area contributed by atoms with E-state index in [9.17, 15) is 4.79 Å². The van der Waals surface area contributed by atoms with Crippen LogP contribution in [0.3, 0.4) is 0 Å². The van der Waals surface area contributed by atoms with E-state index in [0.29, 0.717) is 13.0 Å². The van der Waals surface area contributed by atoms with Gasteiger partial charge in [0, 0.05) is 30.4 Å². The summed E-state index contributed by atoms with van der Waals surface area (Å²) in [7, 11) is 1.86. The SMILES string of the molecule is CSc1ccc(CN(C)C(=O)CC2(N)CCCC2)cc1. The lowest BCUT2D eigenvalue weighted by molar-refractivity contribution is -0.131. The van der Waals surface area contributed by atoms with E-state index in [2.05, 4.69) is 30.5 Å². The Morgan fingerprint density at radius 1 is 1.30 bits per heavy atom. The minimum absolute atomic E-state index is 0.156. The lowest BCUT2D eigenvalue weighted by Crippen LogP contribution is -2.42. The summed E-state index contributed by atoms with van der Waals surface area (Å²) in [6, 6.07) is 8.37. The van der Waals surface area contributed by atoms with Crippen LogP contribution in [0.15, 0.2) is 29.2 Å². The molecular weight excluding hydrogens is 268 g/mol. The Kier molecular flexibility index (Phi) is 5.11. The summed E-state index contributed by atoms with van der Waals surface area (Å²) < 4.78 is 0. The Balaban J connectivity index is 1.89. The highest BCUT2D eigenvalue weighted by molar-refractivity contribution is 7.98. The van der Waals surface area contributed by atoms with E-state index in [0.717, 1.165) is 31.2 Å². The van der Waals surface area contributed by atoms with Gasteiger partial charge in [0.25, 0.3) is 0 Å². The molecule has 0 bridgehead atoms. The molecule has 2 N–H and O–H groups in total. The van der Waals surface area contributed by atoms with Gasteiger partial charge in [-0.1, -0.05) is 25.0 Å². The first-order valence-electron chi connectivity index (χ1n) is 7.18. The van der Waals surface area contributed by atoms with Gasteiger partial charge in [-0.25, -0.2) is 0 Å². The van der Waals surface area contributed by atoms with E-state index in [1.807, 2.05) is 7.05 Å². The summed E-state index contributed by atoms with van der Waals surface area (Å²) in [5.74, 6) is 0.156. The fourth-order valence-corrected chi connectivity index (χ4v) is 3.19. The molecule has 2 rings (SSSR count). The van der Waals surface area contributed by atoms with Gasteiger partial charge in [-0.05, 0) is 36.8 Å². The number of thioether (sulfide) groups is 1. The minimum atomic E-state index is -0.256. The maximum Gasteiger partial charge on any atom is 0.224 e. The van der Waals surface area contributed by atoms with E-state index < -0.39 is 0 Å². The topological polar surface area (TPSA) is 46.3 Å². The third kappa shape index (κ3) is 4.00. The number of carbonyl (C=O) groups excluding carboxylic acids is 1. The molecule has 1 aromatic carbocycles. The zero-order valence-corrected chi connectivity index (χ0v) is 13.2. The third-order valence-corrected chi connectivity index (χ3v) is 4.85. The molecule has 0 spiro atoms. The molecule has 1 aliphatic rings. The van der Waals surface area contributed by atoms with E-state index >= 15 is 0 Å². The molecule has 1 amide bonds. The normalized spacial score (nSPS) is 17.1. The summed E-state index contributed by atoms with van der Waals surface area (Å²) in [6.45, 7) is 0.656. The van der Waals surface area contributed by atoms with Crippen molar-refractivity contribution in [2.45, 2.75) is 49.1 Å². The second-order valence-electron chi connectivity index (χ2n) is 5.84. The maximum atomic E-state index is 12.3. The van der Waals surface area contributed by atoms with Gasteiger partial charge in [0.2, 0.25) is 5.91 Å². The lowest BCUT2D eigenvalue weighted by Gasteiger charge is -2.26. The van der Waals surface area contributed by atoms with E-state index in [-0.39, 0.29) is 11.4 Å². The van der Waals surface area contributed by atoms with Crippen LogP contribution < -0.4 is 5.73 Å². The van der Waals surface area contributed by atoms with Crippen molar-refractivity contribution in [3.8, 4) is 0 Å². The van der Waals surface area contributed by atoms with Gasteiger partial charge in [0.15, 0.2) is 0 Å². The van der Waals surface area contributed by atoms with Gasteiger partial charge in [-0.3, -0.25) is 4.79 Å². The van der Waals surface area contributed by atoms with Crippen LogP contribution in [0.1, 0.15) is 37.7 Å². The Morgan fingerprint density at radius 2 is 1.90 bits per heavy atom. The average molecular weight is 292 g/mol. The molecule has 0 heterocycles. The first-order chi connectivity index (χ1) is 9.52. The average Bonchev–Trinajstić information content (AvgIpc) is 2.86. The molecule has 0 aromatic heterocycles. The summed E-state index contributed by atoms with van der Waals surface area (Å²) in [5.41, 5.74) is 7.19. The molecular formula is C16H24N2OS. The van der Waals surface area contributed by atoms with Crippen LogP contribution in [-0.2, 0) is 11.3 Å². The van der Waals surface area contributed by atoms with Crippen LogP contribution in [0.5, 0.6) is 0 Å². The van der Waals surface area contributed by atoms with Crippen molar-refractivity contribution in [1.29, 1.82) is 0 Å².